The van der Waals surface area contributed by atoms with Gasteiger partial charge in [0, 0.05) is 17.4 Å². The molecule has 0 aliphatic heterocycles. The van der Waals surface area contributed by atoms with E-state index in [-0.39, 0.29) is 24.4 Å². The van der Waals surface area contributed by atoms with Gasteiger partial charge < -0.3 is 16.0 Å². The monoisotopic (exact) mass is 413 g/mol. The first-order valence-electron chi connectivity index (χ1n) is 10.1. The standard InChI is InChI=1S/C23H28ClN3O2/c1-15-10-16(2)12-19(11-15)26-22(28)14-25-18-8-9-21(24)20(13-18)23(29)27-17-6-4-3-5-7-17/h8-13,17,25H,3-7,14H2,1-2H3,(H,26,28)(H,27,29). The van der Waals surface area contributed by atoms with Crippen molar-refractivity contribution in [2.24, 2.45) is 0 Å². The fourth-order valence-electron chi connectivity index (χ4n) is 3.75. The molecular weight excluding hydrogens is 386 g/mol. The van der Waals surface area contributed by atoms with Crippen molar-refractivity contribution in [3.8, 4) is 0 Å². The first-order chi connectivity index (χ1) is 13.9. The highest BCUT2D eigenvalue weighted by atomic mass is 35.5. The Bertz CT molecular complexity index is 871. The molecule has 0 bridgehead atoms. The Morgan fingerprint density at radius 2 is 1.66 bits per heavy atom. The SMILES string of the molecule is Cc1cc(C)cc(NC(=O)CNc2ccc(Cl)c(C(=O)NC3CCCCC3)c2)c1. The van der Waals surface area contributed by atoms with Crippen molar-refractivity contribution < 1.29 is 9.59 Å². The summed E-state index contributed by atoms with van der Waals surface area (Å²) in [7, 11) is 0. The number of rotatable bonds is 6. The summed E-state index contributed by atoms with van der Waals surface area (Å²) in [6.45, 7) is 4.08. The number of carbonyl (C=O) groups is 2. The van der Waals surface area contributed by atoms with E-state index in [0.717, 1.165) is 42.5 Å². The fourth-order valence-corrected chi connectivity index (χ4v) is 3.96. The van der Waals surface area contributed by atoms with Gasteiger partial charge in [0.1, 0.15) is 0 Å². The molecule has 0 saturated heterocycles. The molecule has 0 heterocycles. The van der Waals surface area contributed by atoms with Gasteiger partial charge in [0.2, 0.25) is 5.91 Å². The molecule has 154 valence electrons. The minimum Gasteiger partial charge on any atom is -0.376 e. The highest BCUT2D eigenvalue weighted by Crippen LogP contribution is 2.23. The number of hydrogen-bond donors (Lipinski definition) is 3. The van der Waals surface area contributed by atoms with Gasteiger partial charge in [0.05, 0.1) is 17.1 Å². The van der Waals surface area contributed by atoms with E-state index in [4.69, 9.17) is 11.6 Å². The van der Waals surface area contributed by atoms with Crippen LogP contribution in [0.2, 0.25) is 5.02 Å². The molecule has 2 aromatic rings. The van der Waals surface area contributed by atoms with E-state index >= 15 is 0 Å². The van der Waals surface area contributed by atoms with Gasteiger partial charge in [-0.1, -0.05) is 36.9 Å². The summed E-state index contributed by atoms with van der Waals surface area (Å²) in [5, 5.41) is 9.45. The van der Waals surface area contributed by atoms with Crippen LogP contribution in [0.1, 0.15) is 53.6 Å². The first-order valence-corrected chi connectivity index (χ1v) is 10.5. The Morgan fingerprint density at radius 1 is 0.966 bits per heavy atom. The molecule has 1 fully saturated rings. The van der Waals surface area contributed by atoms with Crippen molar-refractivity contribution >= 4 is 34.8 Å². The van der Waals surface area contributed by atoms with Crippen molar-refractivity contribution in [3.05, 3.63) is 58.1 Å². The van der Waals surface area contributed by atoms with E-state index in [9.17, 15) is 9.59 Å². The molecule has 0 atom stereocenters. The van der Waals surface area contributed by atoms with E-state index in [0.29, 0.717) is 16.3 Å². The average molecular weight is 414 g/mol. The zero-order valence-corrected chi connectivity index (χ0v) is 17.7. The number of hydrogen-bond acceptors (Lipinski definition) is 3. The van der Waals surface area contributed by atoms with Crippen LogP contribution in [0.4, 0.5) is 11.4 Å². The topological polar surface area (TPSA) is 70.2 Å². The molecule has 0 radical (unpaired) electrons. The van der Waals surface area contributed by atoms with Crippen LogP contribution in [0, 0.1) is 13.8 Å². The van der Waals surface area contributed by atoms with Crippen LogP contribution in [0.25, 0.3) is 0 Å². The van der Waals surface area contributed by atoms with E-state index < -0.39 is 0 Å². The Labute approximate surface area is 177 Å². The van der Waals surface area contributed by atoms with Crippen molar-refractivity contribution in [2.45, 2.75) is 52.0 Å². The second kappa shape index (κ2) is 9.79. The van der Waals surface area contributed by atoms with Gasteiger partial charge in [-0.05, 0) is 68.1 Å². The number of carbonyl (C=O) groups excluding carboxylic acids is 2. The second-order valence-electron chi connectivity index (χ2n) is 7.78. The lowest BCUT2D eigenvalue weighted by Gasteiger charge is -2.23. The predicted octanol–water partition coefficient (Wildman–Crippen LogP) is 5.07. The normalized spacial score (nSPS) is 14.3. The molecular formula is C23H28ClN3O2. The molecule has 1 saturated carbocycles. The van der Waals surface area contributed by atoms with Crippen LogP contribution in [0.3, 0.4) is 0 Å². The molecule has 0 spiro atoms. The molecule has 1 aliphatic rings. The average Bonchev–Trinajstić information content (AvgIpc) is 2.67. The summed E-state index contributed by atoms with van der Waals surface area (Å²) in [5.41, 5.74) is 4.08. The van der Waals surface area contributed by atoms with Crippen molar-refractivity contribution in [3.63, 3.8) is 0 Å². The molecule has 2 aromatic carbocycles. The highest BCUT2D eigenvalue weighted by molar-refractivity contribution is 6.34. The van der Waals surface area contributed by atoms with Gasteiger partial charge in [-0.25, -0.2) is 0 Å². The fraction of sp³-hybridized carbons (Fsp3) is 0.391. The summed E-state index contributed by atoms with van der Waals surface area (Å²) >= 11 is 6.24. The molecule has 2 amide bonds. The van der Waals surface area contributed by atoms with Gasteiger partial charge in [0.15, 0.2) is 0 Å². The van der Waals surface area contributed by atoms with E-state index in [1.54, 1.807) is 18.2 Å². The smallest absolute Gasteiger partial charge is 0.253 e. The number of halogens is 1. The third-order valence-corrected chi connectivity index (χ3v) is 5.44. The maximum Gasteiger partial charge on any atom is 0.253 e. The number of anilines is 2. The largest absolute Gasteiger partial charge is 0.376 e. The Kier molecular flexibility index (Phi) is 7.15. The molecule has 5 nitrogen and oxygen atoms in total. The van der Waals surface area contributed by atoms with Crippen LogP contribution in [0.15, 0.2) is 36.4 Å². The van der Waals surface area contributed by atoms with Crippen LogP contribution in [0.5, 0.6) is 0 Å². The minimum absolute atomic E-state index is 0.0955. The number of nitrogens with one attached hydrogen (secondary N) is 3. The third kappa shape index (κ3) is 6.23. The zero-order valence-electron chi connectivity index (χ0n) is 17.0. The molecule has 29 heavy (non-hydrogen) atoms. The van der Waals surface area contributed by atoms with Gasteiger partial charge in [-0.3, -0.25) is 9.59 Å². The highest BCUT2D eigenvalue weighted by Gasteiger charge is 2.18. The van der Waals surface area contributed by atoms with Crippen molar-refractivity contribution in [1.82, 2.24) is 5.32 Å². The molecule has 1 aliphatic carbocycles. The van der Waals surface area contributed by atoms with Gasteiger partial charge in [0.25, 0.3) is 5.91 Å². The van der Waals surface area contributed by atoms with Crippen LogP contribution < -0.4 is 16.0 Å². The number of aryl methyl sites for hydroxylation is 2. The maximum absolute atomic E-state index is 12.6. The van der Waals surface area contributed by atoms with E-state index in [1.165, 1.54) is 6.42 Å². The summed E-state index contributed by atoms with van der Waals surface area (Å²) < 4.78 is 0. The number of amides is 2. The maximum atomic E-state index is 12.6. The summed E-state index contributed by atoms with van der Waals surface area (Å²) in [4.78, 5) is 24.9. The first kappa shape index (κ1) is 21.2. The minimum atomic E-state index is -0.162. The molecule has 3 N–H and O–H groups in total. The van der Waals surface area contributed by atoms with E-state index in [1.807, 2.05) is 26.0 Å². The van der Waals surface area contributed by atoms with Crippen LogP contribution in [-0.4, -0.2) is 24.4 Å². The lowest BCUT2D eigenvalue weighted by atomic mass is 9.95. The molecule has 3 rings (SSSR count). The van der Waals surface area contributed by atoms with Crippen molar-refractivity contribution in [1.29, 1.82) is 0 Å². The lowest BCUT2D eigenvalue weighted by molar-refractivity contribution is -0.114. The molecule has 0 aromatic heterocycles. The lowest BCUT2D eigenvalue weighted by Crippen LogP contribution is -2.36. The van der Waals surface area contributed by atoms with E-state index in [2.05, 4.69) is 22.0 Å². The summed E-state index contributed by atoms with van der Waals surface area (Å²) in [5.74, 6) is -0.316. The third-order valence-electron chi connectivity index (χ3n) is 5.11. The molecule has 6 heteroatoms. The van der Waals surface area contributed by atoms with Gasteiger partial charge >= 0.3 is 0 Å². The predicted molar refractivity (Wildman–Crippen MR) is 119 cm³/mol. The second-order valence-corrected chi connectivity index (χ2v) is 8.19. The Hall–Kier alpha value is -2.53. The zero-order chi connectivity index (χ0) is 20.8. The van der Waals surface area contributed by atoms with Crippen molar-refractivity contribution in [2.75, 3.05) is 17.2 Å². The Morgan fingerprint density at radius 3 is 2.34 bits per heavy atom. The molecule has 0 unspecified atom stereocenters. The quantitative estimate of drug-likeness (QED) is 0.619. The van der Waals surface area contributed by atoms with Gasteiger partial charge in [-0.2, -0.15) is 0 Å². The van der Waals surface area contributed by atoms with Crippen LogP contribution in [-0.2, 0) is 4.79 Å². The summed E-state index contributed by atoms with van der Waals surface area (Å²) in [6, 6.07) is 11.3. The van der Waals surface area contributed by atoms with Crippen LogP contribution >= 0.6 is 11.6 Å². The number of benzene rings is 2. The van der Waals surface area contributed by atoms with Gasteiger partial charge in [-0.15, -0.1) is 0 Å². The summed E-state index contributed by atoms with van der Waals surface area (Å²) in [6.07, 6.45) is 5.56. The Balaban J connectivity index is 1.58.